The number of nitrogens with zero attached hydrogens (tertiary/aromatic N) is 1. The molecule has 0 radical (unpaired) electrons. The minimum atomic E-state index is -4.31. The average molecular weight is 360 g/mol. The third-order valence-electron chi connectivity index (χ3n) is 3.57. The molecular formula is C17H16N2O3S2. The van der Waals surface area contributed by atoms with Crippen LogP contribution < -0.4 is 4.72 Å². The molecule has 0 aliphatic carbocycles. The zero-order valence-electron chi connectivity index (χ0n) is 12.9. The number of anilines is 1. The molecule has 0 atom stereocenters. The maximum absolute atomic E-state index is 11.1. The van der Waals surface area contributed by atoms with E-state index in [4.69, 9.17) is 4.55 Å². The predicted octanol–water partition coefficient (Wildman–Crippen LogP) is 4.25. The molecule has 7 heteroatoms. The molecule has 5 nitrogen and oxygen atoms in total. The Bertz CT molecular complexity index is 951. The van der Waals surface area contributed by atoms with E-state index < -0.39 is 10.3 Å². The molecule has 124 valence electrons. The quantitative estimate of drug-likeness (QED) is 0.667. The van der Waals surface area contributed by atoms with E-state index in [-0.39, 0.29) is 0 Å². The van der Waals surface area contributed by atoms with E-state index in [1.807, 2.05) is 48.7 Å². The summed E-state index contributed by atoms with van der Waals surface area (Å²) >= 11 is 1.54. The lowest BCUT2D eigenvalue weighted by molar-refractivity contribution is 0.489. The Morgan fingerprint density at radius 3 is 2.54 bits per heavy atom. The highest BCUT2D eigenvalue weighted by molar-refractivity contribution is 7.87. The van der Waals surface area contributed by atoms with Gasteiger partial charge in [0, 0.05) is 16.5 Å². The van der Waals surface area contributed by atoms with Crippen LogP contribution in [0.25, 0.3) is 21.8 Å². The first-order valence-corrected chi connectivity index (χ1v) is 9.68. The van der Waals surface area contributed by atoms with Crippen LogP contribution in [-0.2, 0) is 16.7 Å². The van der Waals surface area contributed by atoms with Gasteiger partial charge in [0.05, 0.1) is 11.4 Å². The lowest BCUT2D eigenvalue weighted by Gasteiger charge is -2.12. The van der Waals surface area contributed by atoms with Gasteiger partial charge >= 0.3 is 10.3 Å². The van der Waals surface area contributed by atoms with Crippen molar-refractivity contribution in [2.24, 2.45) is 0 Å². The van der Waals surface area contributed by atoms with Gasteiger partial charge in [-0.05, 0) is 18.1 Å². The molecule has 0 amide bonds. The Balaban J connectivity index is 2.04. The van der Waals surface area contributed by atoms with Crippen LogP contribution >= 0.6 is 11.3 Å². The van der Waals surface area contributed by atoms with Gasteiger partial charge in [0.15, 0.2) is 0 Å². The van der Waals surface area contributed by atoms with Crippen molar-refractivity contribution in [2.75, 3.05) is 4.72 Å². The van der Waals surface area contributed by atoms with Crippen LogP contribution in [0.3, 0.4) is 0 Å². The fraction of sp³-hybridized carbons (Fsp3) is 0.118. The molecule has 2 N–H and O–H groups in total. The smallest absolute Gasteiger partial charge is 0.269 e. The summed E-state index contributed by atoms with van der Waals surface area (Å²) in [4.78, 5) is 4.68. The summed E-state index contributed by atoms with van der Waals surface area (Å²) in [7, 11) is -4.31. The summed E-state index contributed by atoms with van der Waals surface area (Å²) in [5, 5.41) is 2.86. The number of aromatic nitrogens is 1. The first-order valence-electron chi connectivity index (χ1n) is 7.36. The highest BCUT2D eigenvalue weighted by atomic mass is 32.2. The molecule has 0 fully saturated rings. The van der Waals surface area contributed by atoms with Gasteiger partial charge in [0.2, 0.25) is 0 Å². The van der Waals surface area contributed by atoms with E-state index in [9.17, 15) is 8.42 Å². The van der Waals surface area contributed by atoms with Gasteiger partial charge in [0.1, 0.15) is 5.01 Å². The Morgan fingerprint density at radius 1 is 1.12 bits per heavy atom. The summed E-state index contributed by atoms with van der Waals surface area (Å²) in [6.45, 7) is 1.93. The SMILES string of the molecule is CCc1c(NS(=O)(=O)O)cccc1-c1csc(-c2ccccc2)n1. The molecule has 0 aliphatic rings. The Morgan fingerprint density at radius 2 is 1.88 bits per heavy atom. The second-order valence-electron chi connectivity index (χ2n) is 5.17. The number of hydrogen-bond acceptors (Lipinski definition) is 4. The van der Waals surface area contributed by atoms with Crippen molar-refractivity contribution in [1.29, 1.82) is 0 Å². The maximum atomic E-state index is 11.1. The molecule has 0 saturated heterocycles. The molecule has 0 spiro atoms. The minimum absolute atomic E-state index is 0.367. The van der Waals surface area contributed by atoms with Crippen LogP contribution in [0.15, 0.2) is 53.9 Å². The van der Waals surface area contributed by atoms with Crippen LogP contribution in [-0.4, -0.2) is 18.0 Å². The molecule has 0 bridgehead atoms. The number of hydrogen-bond donors (Lipinski definition) is 2. The summed E-state index contributed by atoms with van der Waals surface area (Å²) in [6.07, 6.45) is 0.603. The zero-order chi connectivity index (χ0) is 17.2. The van der Waals surface area contributed by atoms with Crippen molar-refractivity contribution in [3.63, 3.8) is 0 Å². The van der Waals surface area contributed by atoms with Crippen molar-refractivity contribution in [2.45, 2.75) is 13.3 Å². The Labute approximate surface area is 144 Å². The molecule has 0 unspecified atom stereocenters. The third-order valence-corrected chi connectivity index (χ3v) is 4.94. The van der Waals surface area contributed by atoms with E-state index in [0.717, 1.165) is 27.4 Å². The first-order chi connectivity index (χ1) is 11.5. The fourth-order valence-electron chi connectivity index (χ4n) is 2.55. The monoisotopic (exact) mass is 360 g/mol. The highest BCUT2D eigenvalue weighted by Gasteiger charge is 2.15. The predicted molar refractivity (Wildman–Crippen MR) is 97.5 cm³/mol. The van der Waals surface area contributed by atoms with Gasteiger partial charge in [0.25, 0.3) is 0 Å². The first kappa shape index (κ1) is 16.6. The van der Waals surface area contributed by atoms with Crippen molar-refractivity contribution >= 4 is 27.3 Å². The van der Waals surface area contributed by atoms with E-state index in [1.54, 1.807) is 12.1 Å². The van der Waals surface area contributed by atoms with Gasteiger partial charge < -0.3 is 0 Å². The van der Waals surface area contributed by atoms with E-state index in [1.165, 1.54) is 11.3 Å². The van der Waals surface area contributed by atoms with E-state index >= 15 is 0 Å². The van der Waals surface area contributed by atoms with Gasteiger partial charge in [-0.25, -0.2) is 4.98 Å². The third kappa shape index (κ3) is 3.64. The molecule has 2 aromatic carbocycles. The maximum Gasteiger partial charge on any atom is 0.357 e. The number of benzene rings is 2. The van der Waals surface area contributed by atoms with Crippen LogP contribution in [0, 0.1) is 0 Å². The van der Waals surface area contributed by atoms with Crippen LogP contribution in [0.2, 0.25) is 0 Å². The second-order valence-corrected chi connectivity index (χ2v) is 7.18. The zero-order valence-corrected chi connectivity index (χ0v) is 14.6. The summed E-state index contributed by atoms with van der Waals surface area (Å²) < 4.78 is 33.5. The van der Waals surface area contributed by atoms with Gasteiger partial charge in [-0.15, -0.1) is 11.3 Å². The Hall–Kier alpha value is -2.22. The van der Waals surface area contributed by atoms with Crippen LogP contribution in [0.5, 0.6) is 0 Å². The van der Waals surface area contributed by atoms with Gasteiger partial charge in [-0.3, -0.25) is 9.27 Å². The molecule has 24 heavy (non-hydrogen) atoms. The van der Waals surface area contributed by atoms with E-state index in [0.29, 0.717) is 12.1 Å². The molecule has 1 aromatic heterocycles. The average Bonchev–Trinajstić information content (AvgIpc) is 3.04. The molecule has 0 saturated carbocycles. The molecule has 3 aromatic rings. The van der Waals surface area contributed by atoms with Gasteiger partial charge in [-0.1, -0.05) is 49.4 Å². The molecular weight excluding hydrogens is 344 g/mol. The molecule has 3 rings (SSSR count). The normalized spacial score (nSPS) is 11.4. The number of thiazole rings is 1. The summed E-state index contributed by atoms with van der Waals surface area (Å²) in [5.74, 6) is 0. The standard InChI is InChI=1S/C17H16N2O3S2/c1-2-13-14(9-6-10-15(13)19-24(20,21)22)16-11-23-17(18-16)12-7-4-3-5-8-12/h3-11,19H,2H2,1H3,(H,20,21,22). The fourth-order valence-corrected chi connectivity index (χ4v) is 3.85. The Kier molecular flexibility index (Phi) is 4.66. The lowest BCUT2D eigenvalue weighted by atomic mass is 10.0. The minimum Gasteiger partial charge on any atom is -0.269 e. The molecule has 1 heterocycles. The van der Waals surface area contributed by atoms with E-state index in [2.05, 4.69) is 9.71 Å². The molecule has 0 aliphatic heterocycles. The van der Waals surface area contributed by atoms with Crippen molar-refractivity contribution in [1.82, 2.24) is 4.98 Å². The second kappa shape index (κ2) is 6.72. The highest BCUT2D eigenvalue weighted by Crippen LogP contribution is 2.33. The van der Waals surface area contributed by atoms with Crippen molar-refractivity contribution in [3.05, 3.63) is 59.5 Å². The van der Waals surface area contributed by atoms with Crippen molar-refractivity contribution < 1.29 is 13.0 Å². The number of rotatable bonds is 5. The number of nitrogens with one attached hydrogen (secondary N) is 1. The summed E-state index contributed by atoms with van der Waals surface area (Å²) in [5.41, 5.74) is 3.84. The lowest BCUT2D eigenvalue weighted by Crippen LogP contribution is -2.12. The van der Waals surface area contributed by atoms with Gasteiger partial charge in [-0.2, -0.15) is 8.42 Å². The van der Waals surface area contributed by atoms with Crippen LogP contribution in [0.1, 0.15) is 12.5 Å². The summed E-state index contributed by atoms with van der Waals surface area (Å²) in [6, 6.07) is 15.1. The van der Waals surface area contributed by atoms with Crippen molar-refractivity contribution in [3.8, 4) is 21.8 Å². The largest absolute Gasteiger partial charge is 0.357 e. The topological polar surface area (TPSA) is 79.3 Å². The van der Waals surface area contributed by atoms with Crippen LogP contribution in [0.4, 0.5) is 5.69 Å².